The predicted octanol–water partition coefficient (Wildman–Crippen LogP) is -0.491. The number of fused-ring (bicyclic) bond motifs is 5. The smallest absolute Gasteiger partial charge is 0.252 e. The molecule has 0 unspecified atom stereocenters. The van der Waals surface area contributed by atoms with Crippen molar-refractivity contribution in [3.8, 4) is 0 Å². The van der Waals surface area contributed by atoms with Gasteiger partial charge in [0.1, 0.15) is 0 Å². The number of para-hydroxylation sites is 2. The predicted molar refractivity (Wildman–Crippen MR) is 64.6 cm³/mol. The number of nitrogens with zero attached hydrogens (tertiary/aromatic N) is 5. The molecule has 0 fully saturated rings. The number of hydrogen-bond acceptors (Lipinski definition) is 5. The van der Waals surface area contributed by atoms with Crippen molar-refractivity contribution in [2.24, 2.45) is 0 Å². The number of aromatic nitrogens is 6. The van der Waals surface area contributed by atoms with Gasteiger partial charge in [-0.2, -0.15) is 15.1 Å². The van der Waals surface area contributed by atoms with Gasteiger partial charge in [-0.1, -0.05) is 12.1 Å². The average molecular weight is 241 g/mol. The Balaban J connectivity index is 2.31. The molecule has 5 N–H and O–H groups in total. The van der Waals surface area contributed by atoms with E-state index in [-0.39, 0.29) is 11.8 Å². The topological polar surface area (TPSA) is 115 Å². The van der Waals surface area contributed by atoms with Crippen LogP contribution in [-0.4, -0.2) is 24.8 Å². The molecule has 3 heterocycles. The van der Waals surface area contributed by atoms with Gasteiger partial charge < -0.3 is 11.5 Å². The van der Waals surface area contributed by atoms with Gasteiger partial charge in [0, 0.05) is 0 Å². The Hall–Kier alpha value is -2.90. The zero-order valence-corrected chi connectivity index (χ0v) is 9.20. The quantitative estimate of drug-likeness (QED) is 0.359. The molecule has 0 amide bonds. The van der Waals surface area contributed by atoms with Gasteiger partial charge >= 0.3 is 0 Å². The Morgan fingerprint density at radius 2 is 2.00 bits per heavy atom. The van der Waals surface area contributed by atoms with Gasteiger partial charge in [-0.15, -0.1) is 0 Å². The normalized spacial score (nSPS) is 11.8. The van der Waals surface area contributed by atoms with E-state index < -0.39 is 0 Å². The molecule has 0 atom stereocenters. The summed E-state index contributed by atoms with van der Waals surface area (Å²) in [7, 11) is 0. The van der Waals surface area contributed by atoms with Gasteiger partial charge in [0.2, 0.25) is 17.0 Å². The van der Waals surface area contributed by atoms with E-state index >= 15 is 0 Å². The van der Waals surface area contributed by atoms with Crippen LogP contribution < -0.4 is 16.1 Å². The van der Waals surface area contributed by atoms with Crippen molar-refractivity contribution in [1.82, 2.24) is 24.8 Å². The van der Waals surface area contributed by atoms with Crippen molar-refractivity contribution in [2.45, 2.75) is 0 Å². The van der Waals surface area contributed by atoms with E-state index in [4.69, 9.17) is 11.5 Å². The molecule has 3 aromatic heterocycles. The van der Waals surface area contributed by atoms with E-state index in [2.05, 4.69) is 20.2 Å². The molecule has 0 saturated carbocycles. The van der Waals surface area contributed by atoms with Gasteiger partial charge in [0.05, 0.1) is 0 Å². The fraction of sp³-hybridized carbons (Fsp3) is 0. The highest BCUT2D eigenvalue weighted by atomic mass is 15.6. The number of benzene rings is 1. The summed E-state index contributed by atoms with van der Waals surface area (Å²) in [5.41, 5.74) is 14.3. The zero-order chi connectivity index (χ0) is 12.3. The first-order chi connectivity index (χ1) is 8.74. The van der Waals surface area contributed by atoms with Gasteiger partial charge in [-0.05, 0) is 26.5 Å². The Labute approximate surface area is 99.8 Å². The first-order valence-electron chi connectivity index (χ1n) is 5.34. The minimum Gasteiger partial charge on any atom is -0.382 e. The molecule has 88 valence electrons. The third kappa shape index (κ3) is 0.986. The number of aromatic amines is 1. The maximum atomic E-state index is 5.79. The van der Waals surface area contributed by atoms with Crippen LogP contribution in [0, 0.1) is 0 Å². The zero-order valence-electron chi connectivity index (χ0n) is 9.20. The molecular weight excluding hydrogens is 232 g/mol. The molecule has 0 aliphatic heterocycles. The van der Waals surface area contributed by atoms with Crippen molar-refractivity contribution in [1.29, 1.82) is 0 Å². The van der Waals surface area contributed by atoms with Gasteiger partial charge in [-0.25, -0.2) is 0 Å². The second-order valence-electron chi connectivity index (χ2n) is 3.97. The van der Waals surface area contributed by atoms with Crippen molar-refractivity contribution in [3.05, 3.63) is 24.3 Å². The summed E-state index contributed by atoms with van der Waals surface area (Å²) in [6.07, 6.45) is 0. The largest absolute Gasteiger partial charge is 0.382 e. The van der Waals surface area contributed by atoms with Crippen molar-refractivity contribution in [3.63, 3.8) is 0 Å². The summed E-state index contributed by atoms with van der Waals surface area (Å²) in [5.74, 6) is 0.396. The molecule has 8 heteroatoms. The summed E-state index contributed by atoms with van der Waals surface area (Å²) >= 11 is 0. The lowest BCUT2D eigenvalue weighted by Gasteiger charge is -1.92. The minimum atomic E-state index is 0.126. The molecule has 4 rings (SSSR count). The molecule has 0 aliphatic rings. The first kappa shape index (κ1) is 9.16. The van der Waals surface area contributed by atoms with E-state index in [1.165, 1.54) is 0 Å². The van der Waals surface area contributed by atoms with Crippen molar-refractivity contribution < 1.29 is 4.63 Å². The molecular formula is C10H9N8+. The number of nitrogen functional groups attached to an aromatic ring is 2. The second kappa shape index (κ2) is 2.86. The lowest BCUT2D eigenvalue weighted by Crippen LogP contribution is -2.28. The molecule has 8 nitrogen and oxygen atoms in total. The number of H-pyrrole nitrogens is 1. The van der Waals surface area contributed by atoms with Crippen LogP contribution in [0.2, 0.25) is 0 Å². The summed E-state index contributed by atoms with van der Waals surface area (Å²) in [6, 6.07) is 7.78. The van der Waals surface area contributed by atoms with Gasteiger partial charge in [0.25, 0.3) is 5.65 Å². The third-order valence-corrected chi connectivity index (χ3v) is 2.84. The first-order valence-corrected chi connectivity index (χ1v) is 5.34. The highest BCUT2D eigenvalue weighted by molar-refractivity contribution is 5.82. The Morgan fingerprint density at radius 3 is 2.89 bits per heavy atom. The lowest BCUT2D eigenvalue weighted by atomic mass is 10.3. The van der Waals surface area contributed by atoms with Gasteiger partial charge in [0.15, 0.2) is 11.3 Å². The molecule has 0 bridgehead atoms. The fourth-order valence-corrected chi connectivity index (χ4v) is 2.07. The van der Waals surface area contributed by atoms with E-state index in [0.717, 1.165) is 11.0 Å². The van der Waals surface area contributed by atoms with E-state index in [0.29, 0.717) is 11.2 Å². The van der Waals surface area contributed by atoms with E-state index in [1.807, 2.05) is 24.3 Å². The molecule has 0 spiro atoms. The summed E-state index contributed by atoms with van der Waals surface area (Å²) in [6.45, 7) is 0. The monoisotopic (exact) mass is 241 g/mol. The van der Waals surface area contributed by atoms with Crippen LogP contribution in [0.4, 0.5) is 11.8 Å². The highest BCUT2D eigenvalue weighted by Gasteiger charge is 2.20. The average Bonchev–Trinajstić information content (AvgIpc) is 2.86. The Kier molecular flexibility index (Phi) is 1.45. The van der Waals surface area contributed by atoms with Gasteiger partial charge in [-0.3, -0.25) is 0 Å². The fourth-order valence-electron chi connectivity index (χ4n) is 2.07. The van der Waals surface area contributed by atoms with Crippen molar-refractivity contribution in [2.75, 3.05) is 11.5 Å². The van der Waals surface area contributed by atoms with Crippen LogP contribution >= 0.6 is 0 Å². The number of nitrogens with two attached hydrogens (primary N) is 2. The minimum absolute atomic E-state index is 0.126. The molecule has 0 saturated heterocycles. The molecule has 18 heavy (non-hydrogen) atoms. The van der Waals surface area contributed by atoms with Crippen LogP contribution in [0.15, 0.2) is 24.3 Å². The van der Waals surface area contributed by atoms with Crippen molar-refractivity contribution >= 4 is 34.0 Å². The van der Waals surface area contributed by atoms with E-state index in [9.17, 15) is 0 Å². The Bertz CT molecular complexity index is 902. The summed E-state index contributed by atoms with van der Waals surface area (Å²) in [5, 5.41) is 7.56. The van der Waals surface area contributed by atoms with Crippen LogP contribution in [0.25, 0.3) is 22.2 Å². The maximum Gasteiger partial charge on any atom is 0.252 e. The molecule has 1 aromatic carbocycles. The molecule has 0 radical (unpaired) electrons. The van der Waals surface area contributed by atoms with Crippen LogP contribution in [0.3, 0.4) is 0 Å². The van der Waals surface area contributed by atoms with E-state index in [1.54, 1.807) is 9.26 Å². The lowest BCUT2D eigenvalue weighted by molar-refractivity contribution is -0.649. The number of hydrogen-bond donors (Lipinski definition) is 3. The molecule has 4 aromatic rings. The van der Waals surface area contributed by atoms with Crippen LogP contribution in [-0.2, 0) is 0 Å². The summed E-state index contributed by atoms with van der Waals surface area (Å²) in [4.78, 5) is 8.05. The number of rotatable bonds is 0. The summed E-state index contributed by atoms with van der Waals surface area (Å²) < 4.78 is 3.37. The second-order valence-corrected chi connectivity index (χ2v) is 3.97. The number of anilines is 2. The van der Waals surface area contributed by atoms with Crippen LogP contribution in [0.5, 0.6) is 0 Å². The molecule has 0 aliphatic carbocycles. The number of nitrogens with one attached hydrogen (secondary N) is 1. The SMILES string of the molecule is Nc1nc(N)c2n[n+]3c4ccccc4[nH]n3c2n1. The Morgan fingerprint density at radius 1 is 1.17 bits per heavy atom. The maximum absolute atomic E-state index is 5.79. The third-order valence-electron chi connectivity index (χ3n) is 2.84. The highest BCUT2D eigenvalue weighted by Crippen LogP contribution is 2.15. The standard InChI is InChI=1S/C10H8N8/c11-8-7-9(14-10(12)13-8)18-15-5-3-1-2-4-6(5)17(18)16-7/h1-4,15H,(H3,11,12,13)/p+1. The van der Waals surface area contributed by atoms with Crippen LogP contribution in [0.1, 0.15) is 0 Å².